The number of hydrogen-bond donors (Lipinski definition) is 0. The first kappa shape index (κ1) is 9.35. The van der Waals surface area contributed by atoms with Crippen molar-refractivity contribution in [2.24, 2.45) is 0 Å². The second kappa shape index (κ2) is 9.54. The molecule has 0 saturated carbocycles. The van der Waals surface area contributed by atoms with Crippen molar-refractivity contribution in [3.8, 4) is 11.5 Å². The molecule has 2 aliphatic heterocycles. The largest absolute Gasteiger partial charge is 0.454 e. The van der Waals surface area contributed by atoms with Crippen LogP contribution < -0.4 is 9.47 Å². The van der Waals surface area contributed by atoms with Gasteiger partial charge in [-0.15, -0.1) is 0 Å². The van der Waals surface area contributed by atoms with Crippen LogP contribution in [0.2, 0.25) is 0 Å². The molecule has 0 spiro atoms. The van der Waals surface area contributed by atoms with E-state index in [1.807, 2.05) is 0 Å². The Morgan fingerprint density at radius 3 is 2.42 bits per heavy atom. The van der Waals surface area contributed by atoms with Crippen LogP contribution in [0.5, 0.6) is 11.5 Å². The third-order valence-electron chi connectivity index (χ3n) is 4.95. The van der Waals surface area contributed by atoms with Crippen molar-refractivity contribution in [2.75, 3.05) is 26.4 Å². The molecule has 4 heteroatoms. The van der Waals surface area contributed by atoms with Crippen molar-refractivity contribution in [3.63, 3.8) is 0 Å². The molecule has 0 aromatic heterocycles. The third-order valence-corrected chi connectivity index (χ3v) is 4.95. The van der Waals surface area contributed by atoms with Gasteiger partial charge in [-0.3, -0.25) is 0 Å². The molecule has 31 heavy (non-hydrogen) atoms. The van der Waals surface area contributed by atoms with Gasteiger partial charge >= 0.3 is 0 Å². The molecule has 0 unspecified atom stereocenters. The van der Waals surface area contributed by atoms with Crippen LogP contribution in [0.3, 0.4) is 0 Å². The molecule has 1 saturated heterocycles. The first-order chi connectivity index (χ1) is 21.5. The number of nitrogens with zero attached hydrogens (tertiary/aromatic N) is 1. The lowest BCUT2D eigenvalue weighted by atomic mass is 10.00. The molecule has 2 heterocycles. The first-order valence-electron chi connectivity index (χ1n) is 17.4. The lowest BCUT2D eigenvalue weighted by molar-refractivity contribution is -0.0330. The first-order valence-corrected chi connectivity index (χ1v) is 9.91. The van der Waals surface area contributed by atoms with Crippen LogP contribution in [-0.4, -0.2) is 37.4 Å². The second-order valence-corrected chi connectivity index (χ2v) is 7.06. The van der Waals surface area contributed by atoms with Crippen LogP contribution in [0.15, 0.2) is 78.6 Å². The summed E-state index contributed by atoms with van der Waals surface area (Å²) in [7, 11) is 0. The van der Waals surface area contributed by atoms with E-state index in [1.54, 1.807) is 0 Å². The van der Waals surface area contributed by atoms with Gasteiger partial charge < -0.3 is 19.1 Å². The van der Waals surface area contributed by atoms with Gasteiger partial charge in [0.05, 0.1) is 23.9 Å². The lowest BCUT2D eigenvalue weighted by Gasteiger charge is -2.35. The fraction of sp³-hybridized carbons (Fsp3) is 0.333. The molecule has 4 nitrogen and oxygen atoms in total. The minimum absolute atomic E-state index is 0.0354. The monoisotopic (exact) mass is 430 g/mol. The standard InChI is InChI=1S/C27H29NO3/c1-3-8-22(9-4-1)27(23-10-5-2-6-11-23)31-24-12-7-16-28(19-24)17-15-21-13-14-25-26(18-21)30-20-29-25/h1-6,8-11,13-14,18,24,27H,7,12,15-17,19-20H2/t24-/m1/s1/i1D,2D,3D,4D,5D,6D,8D,9D,10D,11D,13D,14D,17D2,18D. The average molecular weight is 431 g/mol. The van der Waals surface area contributed by atoms with Gasteiger partial charge in [0.2, 0.25) is 6.79 Å². The molecule has 160 valence electrons. The Balaban J connectivity index is 1.53. The van der Waals surface area contributed by atoms with Gasteiger partial charge in [-0.05, 0) is 54.6 Å². The van der Waals surface area contributed by atoms with E-state index in [0.717, 1.165) is 0 Å². The van der Waals surface area contributed by atoms with E-state index in [4.69, 9.17) is 34.8 Å². The Kier molecular flexibility index (Phi) is 2.88. The van der Waals surface area contributed by atoms with Crippen LogP contribution in [0, 0.1) is 0 Å². The summed E-state index contributed by atoms with van der Waals surface area (Å²) in [6, 6.07) is -7.82. The molecule has 0 N–H and O–H groups in total. The quantitative estimate of drug-likeness (QED) is 0.514. The summed E-state index contributed by atoms with van der Waals surface area (Å²) in [4.78, 5) is 1.40. The molecule has 0 radical (unpaired) electrons. The van der Waals surface area contributed by atoms with Gasteiger partial charge in [-0.2, -0.15) is 0 Å². The number of benzene rings is 3. The highest BCUT2D eigenvalue weighted by Crippen LogP contribution is 2.33. The topological polar surface area (TPSA) is 30.9 Å². The average Bonchev–Trinajstić information content (AvgIpc) is 3.53. The zero-order chi connectivity index (χ0) is 34.0. The summed E-state index contributed by atoms with van der Waals surface area (Å²) in [6.07, 6.45) is -2.41. The van der Waals surface area contributed by atoms with Crippen LogP contribution in [-0.2, 0) is 11.2 Å². The van der Waals surface area contributed by atoms with E-state index in [0.29, 0.717) is 12.8 Å². The zero-order valence-electron chi connectivity index (χ0n) is 31.6. The molecular weight excluding hydrogens is 386 g/mol. The van der Waals surface area contributed by atoms with Crippen LogP contribution in [0.4, 0.5) is 0 Å². The van der Waals surface area contributed by atoms with Gasteiger partial charge in [0.15, 0.2) is 11.5 Å². The minimum atomic E-state index is -2.18. The molecule has 3 aromatic rings. The fourth-order valence-electron chi connectivity index (χ4n) is 3.49. The summed E-state index contributed by atoms with van der Waals surface area (Å²) < 4.78 is 143. The molecule has 2 aliphatic rings. The normalized spacial score (nSPS) is 25.7. The summed E-state index contributed by atoms with van der Waals surface area (Å²) in [5.74, 6) is -0.0798. The summed E-state index contributed by atoms with van der Waals surface area (Å²) in [6.45, 7) is -2.31. The molecule has 5 rings (SSSR count). The van der Waals surface area contributed by atoms with E-state index in [9.17, 15) is 0 Å². The number of rotatable bonds is 7. The van der Waals surface area contributed by atoms with Crippen LogP contribution in [0.25, 0.3) is 0 Å². The molecule has 1 fully saturated rings. The summed E-state index contributed by atoms with van der Waals surface area (Å²) in [5.41, 5.74) is -0.908. The van der Waals surface area contributed by atoms with Gasteiger partial charge in [0, 0.05) is 15.8 Å². The van der Waals surface area contributed by atoms with Crippen molar-refractivity contribution in [2.45, 2.75) is 31.5 Å². The number of ether oxygens (including phenoxy) is 3. The molecule has 0 aliphatic carbocycles. The SMILES string of the molecule is [2H]c1c([2H])c([2H])c(C(O[C@@H]2CCCN(C([2H])([2H])Cc3c([2H])c([2H])c4c(c3[2H])OCO4)C2)c2c([2H])c([2H])c([2H])c([2H])c2[2H])c([2H])c1[2H]. The van der Waals surface area contributed by atoms with Crippen molar-refractivity contribution in [1.29, 1.82) is 0 Å². The minimum Gasteiger partial charge on any atom is -0.454 e. The molecule has 0 bridgehead atoms. The van der Waals surface area contributed by atoms with Crippen molar-refractivity contribution in [3.05, 3.63) is 95.2 Å². The lowest BCUT2D eigenvalue weighted by Crippen LogP contribution is -2.41. The van der Waals surface area contributed by atoms with E-state index in [1.165, 1.54) is 4.90 Å². The predicted octanol–water partition coefficient (Wildman–Crippen LogP) is 5.23. The third kappa shape index (κ3) is 4.92. The zero-order valence-corrected chi connectivity index (χ0v) is 16.6. The highest BCUT2D eigenvalue weighted by Gasteiger charge is 2.25. The Morgan fingerprint density at radius 1 is 0.968 bits per heavy atom. The molecular formula is C27H29NO3. The van der Waals surface area contributed by atoms with Crippen LogP contribution in [0.1, 0.15) is 56.2 Å². The van der Waals surface area contributed by atoms with Crippen molar-refractivity contribution in [1.82, 2.24) is 4.90 Å². The number of likely N-dealkylation sites (tertiary alicyclic amines) is 1. The summed E-state index contributed by atoms with van der Waals surface area (Å²) in [5, 5.41) is 0. The van der Waals surface area contributed by atoms with E-state index >= 15 is 0 Å². The molecule has 1 atom stereocenters. The smallest absolute Gasteiger partial charge is 0.231 e. The Hall–Kier alpha value is -2.82. The predicted molar refractivity (Wildman–Crippen MR) is 122 cm³/mol. The summed E-state index contributed by atoms with van der Waals surface area (Å²) >= 11 is 0. The Labute approximate surface area is 205 Å². The maximum atomic E-state index is 8.89. The highest BCUT2D eigenvalue weighted by molar-refractivity contribution is 5.44. The van der Waals surface area contributed by atoms with Crippen molar-refractivity contribution >= 4 is 0 Å². The maximum absolute atomic E-state index is 8.89. The number of piperidine rings is 1. The van der Waals surface area contributed by atoms with E-state index in [2.05, 4.69) is 0 Å². The van der Waals surface area contributed by atoms with Gasteiger partial charge in [-0.1, -0.05) is 66.5 Å². The van der Waals surface area contributed by atoms with E-state index in [-0.39, 0.29) is 55.1 Å². The van der Waals surface area contributed by atoms with Gasteiger partial charge in [0.1, 0.15) is 6.10 Å². The van der Waals surface area contributed by atoms with E-state index < -0.39 is 96.7 Å². The molecule has 3 aromatic carbocycles. The van der Waals surface area contributed by atoms with Gasteiger partial charge in [0.25, 0.3) is 0 Å². The van der Waals surface area contributed by atoms with Crippen LogP contribution >= 0.6 is 0 Å². The number of hydrogen-bond acceptors (Lipinski definition) is 4. The fourth-order valence-corrected chi connectivity index (χ4v) is 3.49. The number of fused-ring (bicyclic) bond motifs is 1. The molecule has 0 amide bonds. The highest BCUT2D eigenvalue weighted by atomic mass is 16.7. The van der Waals surface area contributed by atoms with Gasteiger partial charge in [-0.25, -0.2) is 0 Å². The Bertz CT molecular complexity index is 1610. The van der Waals surface area contributed by atoms with Crippen molar-refractivity contribution < 1.29 is 34.8 Å². The maximum Gasteiger partial charge on any atom is 0.231 e. The Morgan fingerprint density at radius 2 is 1.68 bits per heavy atom. The second-order valence-electron chi connectivity index (χ2n) is 7.06.